The number of piperidine rings is 1. The van der Waals surface area contributed by atoms with Crippen molar-refractivity contribution in [2.24, 2.45) is 5.92 Å². The molecule has 2 fully saturated rings. The first-order valence-corrected chi connectivity index (χ1v) is 10.2. The smallest absolute Gasteiger partial charge is 0.225 e. The highest BCUT2D eigenvalue weighted by Gasteiger charge is 2.53. The van der Waals surface area contributed by atoms with E-state index < -0.39 is 0 Å². The first kappa shape index (κ1) is 17.8. The topological polar surface area (TPSA) is 43.8 Å². The van der Waals surface area contributed by atoms with Gasteiger partial charge in [0.1, 0.15) is 5.75 Å². The third kappa shape index (κ3) is 2.74. The van der Waals surface area contributed by atoms with Gasteiger partial charge in [0.05, 0.1) is 6.04 Å². The lowest BCUT2D eigenvalue weighted by Crippen LogP contribution is -2.67. The molecule has 0 unspecified atom stereocenters. The summed E-state index contributed by atoms with van der Waals surface area (Å²) in [5.74, 6) is 0.876. The Bertz CT molecular complexity index is 697. The van der Waals surface area contributed by atoms with Crippen LogP contribution >= 0.6 is 0 Å². The third-order valence-electron chi connectivity index (χ3n) is 7.42. The summed E-state index contributed by atoms with van der Waals surface area (Å²) >= 11 is 0. The predicted octanol–water partition coefficient (Wildman–Crippen LogP) is 3.32. The van der Waals surface area contributed by atoms with Crippen LogP contribution in [0.25, 0.3) is 0 Å². The van der Waals surface area contributed by atoms with Crippen LogP contribution in [0.1, 0.15) is 56.6 Å². The van der Waals surface area contributed by atoms with Crippen LogP contribution in [0.4, 0.5) is 0 Å². The van der Waals surface area contributed by atoms with Crippen LogP contribution in [-0.4, -0.2) is 53.5 Å². The van der Waals surface area contributed by atoms with Crippen LogP contribution in [0.5, 0.6) is 5.75 Å². The van der Waals surface area contributed by atoms with Crippen molar-refractivity contribution in [1.29, 1.82) is 0 Å². The number of rotatable bonds is 2. The largest absolute Gasteiger partial charge is 0.508 e. The van der Waals surface area contributed by atoms with E-state index >= 15 is 0 Å². The maximum absolute atomic E-state index is 13.3. The molecule has 142 valence electrons. The molecular formula is C22H32N2O2. The van der Waals surface area contributed by atoms with Gasteiger partial charge in [-0.05, 0) is 62.5 Å². The fraction of sp³-hybridized carbons (Fsp3) is 0.682. The highest BCUT2D eigenvalue weighted by molar-refractivity contribution is 5.79. The Morgan fingerprint density at radius 3 is 2.73 bits per heavy atom. The van der Waals surface area contributed by atoms with E-state index in [1.54, 1.807) is 6.07 Å². The lowest BCUT2D eigenvalue weighted by molar-refractivity contribution is -0.142. The number of fused-ring (bicyclic) bond motifs is 4. The van der Waals surface area contributed by atoms with Crippen molar-refractivity contribution in [2.45, 2.75) is 69.4 Å². The molecule has 3 atom stereocenters. The van der Waals surface area contributed by atoms with Gasteiger partial charge in [-0.25, -0.2) is 0 Å². The quantitative estimate of drug-likeness (QED) is 0.884. The molecule has 0 aromatic heterocycles. The Hall–Kier alpha value is -1.55. The molecule has 3 aliphatic rings. The van der Waals surface area contributed by atoms with E-state index in [4.69, 9.17) is 0 Å². The molecule has 2 bridgehead atoms. The molecule has 1 saturated heterocycles. The minimum Gasteiger partial charge on any atom is -0.508 e. The second-order valence-corrected chi connectivity index (χ2v) is 8.99. The van der Waals surface area contributed by atoms with Crippen LogP contribution in [0.2, 0.25) is 0 Å². The number of phenols is 1. The summed E-state index contributed by atoms with van der Waals surface area (Å²) < 4.78 is 0. The predicted molar refractivity (Wildman–Crippen MR) is 103 cm³/mol. The Labute approximate surface area is 157 Å². The number of nitrogens with zero attached hydrogens (tertiary/aromatic N) is 2. The second kappa shape index (κ2) is 6.56. The zero-order chi connectivity index (χ0) is 18.5. The lowest BCUT2D eigenvalue weighted by atomic mass is 9.61. The fourth-order valence-corrected chi connectivity index (χ4v) is 5.91. The average Bonchev–Trinajstić information content (AvgIpc) is 2.65. The van der Waals surface area contributed by atoms with Crippen LogP contribution in [0.3, 0.4) is 0 Å². The van der Waals surface area contributed by atoms with Gasteiger partial charge >= 0.3 is 0 Å². The van der Waals surface area contributed by atoms with Crippen molar-refractivity contribution >= 4 is 5.91 Å². The van der Waals surface area contributed by atoms with Gasteiger partial charge in [0.2, 0.25) is 5.91 Å². The first-order valence-electron chi connectivity index (χ1n) is 10.2. The van der Waals surface area contributed by atoms with Crippen molar-refractivity contribution in [3.05, 3.63) is 29.3 Å². The maximum atomic E-state index is 13.3. The van der Waals surface area contributed by atoms with Crippen molar-refractivity contribution < 1.29 is 9.90 Å². The van der Waals surface area contributed by atoms with Gasteiger partial charge in [-0.3, -0.25) is 4.79 Å². The van der Waals surface area contributed by atoms with E-state index in [9.17, 15) is 9.90 Å². The number of likely N-dealkylation sites (N-methyl/N-ethyl adjacent to an activating group) is 2. The van der Waals surface area contributed by atoms with Gasteiger partial charge in [-0.2, -0.15) is 0 Å². The van der Waals surface area contributed by atoms with Gasteiger partial charge < -0.3 is 14.9 Å². The van der Waals surface area contributed by atoms with E-state index in [2.05, 4.69) is 29.8 Å². The Morgan fingerprint density at radius 2 is 2.00 bits per heavy atom. The highest BCUT2D eigenvalue weighted by atomic mass is 16.3. The molecule has 2 aliphatic carbocycles. The van der Waals surface area contributed by atoms with E-state index in [-0.39, 0.29) is 17.4 Å². The Morgan fingerprint density at radius 1 is 1.27 bits per heavy atom. The van der Waals surface area contributed by atoms with Crippen LogP contribution in [0, 0.1) is 5.92 Å². The molecule has 4 rings (SSSR count). The number of phenolic OH excluding ortho intramolecular Hbond substituents is 1. The maximum Gasteiger partial charge on any atom is 0.225 e. The van der Waals surface area contributed by atoms with E-state index in [0.29, 0.717) is 17.7 Å². The van der Waals surface area contributed by atoms with Crippen LogP contribution in [0.15, 0.2) is 18.2 Å². The average molecular weight is 357 g/mol. The van der Waals surface area contributed by atoms with Crippen molar-refractivity contribution in [1.82, 2.24) is 9.80 Å². The fourth-order valence-electron chi connectivity index (χ4n) is 5.91. The molecule has 1 N–H and O–H groups in total. The van der Waals surface area contributed by atoms with Crippen molar-refractivity contribution in [3.8, 4) is 5.75 Å². The summed E-state index contributed by atoms with van der Waals surface area (Å²) in [5, 5.41) is 10.1. The number of aromatic hydroxyl groups is 1. The molecule has 26 heavy (non-hydrogen) atoms. The standard InChI is InChI=1S/C22H32N2O2/c1-22-11-12-23(2)19(13-16-9-10-17(25)14-18(16)22)20(22)24(3)21(26)15-7-5-4-6-8-15/h9-10,14-15,19-20,25H,4-8,11-13H2,1-3H3/t19-,20+,22-/m1/s1. The van der Waals surface area contributed by atoms with Crippen molar-refractivity contribution in [2.75, 3.05) is 20.6 Å². The molecule has 0 spiro atoms. The lowest BCUT2D eigenvalue weighted by Gasteiger charge is -2.57. The van der Waals surface area contributed by atoms with Crippen molar-refractivity contribution in [3.63, 3.8) is 0 Å². The number of hydrogen-bond acceptors (Lipinski definition) is 3. The summed E-state index contributed by atoms with van der Waals surface area (Å²) in [6.45, 7) is 3.35. The number of benzene rings is 1. The van der Waals surface area contributed by atoms with Gasteiger partial charge in [0.25, 0.3) is 0 Å². The normalized spacial score (nSPS) is 32.1. The molecule has 1 aliphatic heterocycles. The monoisotopic (exact) mass is 356 g/mol. The zero-order valence-electron chi connectivity index (χ0n) is 16.4. The molecule has 4 heteroatoms. The summed E-state index contributed by atoms with van der Waals surface area (Å²) in [7, 11) is 4.22. The second-order valence-electron chi connectivity index (χ2n) is 8.99. The molecule has 1 aromatic rings. The van der Waals surface area contributed by atoms with E-state index in [0.717, 1.165) is 32.2 Å². The number of hydrogen-bond donors (Lipinski definition) is 1. The molecule has 1 aromatic carbocycles. The summed E-state index contributed by atoms with van der Waals surface area (Å²) in [5.41, 5.74) is 2.48. The number of amides is 1. The molecule has 1 heterocycles. The molecule has 1 amide bonds. The van der Waals surface area contributed by atoms with Gasteiger partial charge in [0, 0.05) is 24.4 Å². The van der Waals surface area contributed by atoms with Gasteiger partial charge in [-0.1, -0.05) is 32.3 Å². The molecule has 4 nitrogen and oxygen atoms in total. The Balaban J connectivity index is 1.71. The van der Waals surface area contributed by atoms with Crippen LogP contribution < -0.4 is 0 Å². The van der Waals surface area contributed by atoms with E-state index in [1.165, 1.54) is 30.4 Å². The summed E-state index contributed by atoms with van der Waals surface area (Å²) in [6.07, 6.45) is 7.71. The summed E-state index contributed by atoms with van der Waals surface area (Å²) in [4.78, 5) is 17.8. The minimum absolute atomic E-state index is 0.0947. The first-order chi connectivity index (χ1) is 12.4. The van der Waals surface area contributed by atoms with Gasteiger partial charge in [0.15, 0.2) is 0 Å². The minimum atomic E-state index is -0.0947. The third-order valence-corrected chi connectivity index (χ3v) is 7.42. The molecular weight excluding hydrogens is 324 g/mol. The SMILES string of the molecule is CN1CC[C@]2(C)c3cc(O)ccc3C[C@@H]1[C@@H]2N(C)C(=O)C1CCCCC1. The van der Waals surface area contributed by atoms with E-state index in [1.807, 2.05) is 13.1 Å². The highest BCUT2D eigenvalue weighted by Crippen LogP contribution is 2.47. The summed E-state index contributed by atoms with van der Waals surface area (Å²) in [6, 6.07) is 6.35. The number of likely N-dealkylation sites (tertiary alicyclic amines) is 1. The van der Waals surface area contributed by atoms with Crippen LogP contribution in [-0.2, 0) is 16.6 Å². The molecule has 0 radical (unpaired) electrons. The number of carbonyl (C=O) groups is 1. The Kier molecular flexibility index (Phi) is 4.50. The van der Waals surface area contributed by atoms with Gasteiger partial charge in [-0.15, -0.1) is 0 Å². The molecule has 1 saturated carbocycles. The zero-order valence-corrected chi connectivity index (χ0v) is 16.4. The number of carbonyl (C=O) groups excluding carboxylic acids is 1.